The van der Waals surface area contributed by atoms with Crippen molar-refractivity contribution in [2.24, 2.45) is 0 Å². The van der Waals surface area contributed by atoms with E-state index >= 15 is 0 Å². The number of nitrogens with zero attached hydrogens (tertiary/aromatic N) is 1. The maximum absolute atomic E-state index is 12.2. The van der Waals surface area contributed by atoms with E-state index in [1.807, 2.05) is 13.0 Å². The number of amides is 2. The van der Waals surface area contributed by atoms with Gasteiger partial charge in [0, 0.05) is 31.1 Å². The molecular weight excluding hydrogens is 296 g/mol. The Balaban J connectivity index is 2.04. The van der Waals surface area contributed by atoms with Gasteiger partial charge in [-0.25, -0.2) is 0 Å². The van der Waals surface area contributed by atoms with E-state index in [9.17, 15) is 9.59 Å². The number of methoxy groups -OCH3 is 2. The first-order valence-corrected chi connectivity index (χ1v) is 7.90. The highest BCUT2D eigenvalue weighted by Gasteiger charge is 2.31. The van der Waals surface area contributed by atoms with Crippen LogP contribution in [0.2, 0.25) is 0 Å². The fourth-order valence-corrected chi connectivity index (χ4v) is 2.68. The summed E-state index contributed by atoms with van der Waals surface area (Å²) in [4.78, 5) is 25.7. The molecule has 2 amide bonds. The number of carbonyl (C=O) groups excluding carboxylic acids is 2. The first-order chi connectivity index (χ1) is 11.1. The van der Waals surface area contributed by atoms with Gasteiger partial charge in [0.1, 0.15) is 0 Å². The van der Waals surface area contributed by atoms with Gasteiger partial charge in [0.15, 0.2) is 11.5 Å². The van der Waals surface area contributed by atoms with Crippen LogP contribution in [0, 0.1) is 0 Å². The molecule has 6 heteroatoms. The van der Waals surface area contributed by atoms with Crippen molar-refractivity contribution in [1.29, 1.82) is 0 Å². The average molecular weight is 320 g/mol. The molecule has 1 aromatic carbocycles. The fourth-order valence-electron chi connectivity index (χ4n) is 2.68. The summed E-state index contributed by atoms with van der Waals surface area (Å²) in [6.45, 7) is 2.53. The predicted molar refractivity (Wildman–Crippen MR) is 88.0 cm³/mol. The number of nitrogens with one attached hydrogen (secondary N) is 1. The molecule has 1 N–H and O–H groups in total. The van der Waals surface area contributed by atoms with Crippen LogP contribution in [0.25, 0.3) is 0 Å². The van der Waals surface area contributed by atoms with Crippen molar-refractivity contribution in [2.45, 2.75) is 38.6 Å². The summed E-state index contributed by atoms with van der Waals surface area (Å²) >= 11 is 0. The lowest BCUT2D eigenvalue weighted by Crippen LogP contribution is -2.37. The Kier molecular flexibility index (Phi) is 5.84. The molecule has 0 aromatic heterocycles. The molecule has 126 valence electrons. The Morgan fingerprint density at radius 2 is 2.04 bits per heavy atom. The summed E-state index contributed by atoms with van der Waals surface area (Å²) < 4.78 is 10.5. The van der Waals surface area contributed by atoms with Gasteiger partial charge < -0.3 is 19.7 Å². The van der Waals surface area contributed by atoms with Gasteiger partial charge in [-0.3, -0.25) is 9.59 Å². The largest absolute Gasteiger partial charge is 0.493 e. The standard InChI is InChI=1S/C17H24N2O4/c1-4-5-6-16(20)18-12-9-17(21)19(11-12)13-7-8-14(22-2)15(10-13)23-3/h7-8,10,12H,4-6,9,11H2,1-3H3,(H,18,20)/t12-/m1/s1. The molecule has 23 heavy (non-hydrogen) atoms. The van der Waals surface area contributed by atoms with Gasteiger partial charge in [0.25, 0.3) is 0 Å². The number of ether oxygens (including phenoxy) is 2. The lowest BCUT2D eigenvalue weighted by molar-refractivity contribution is -0.121. The van der Waals surface area contributed by atoms with Gasteiger partial charge >= 0.3 is 0 Å². The minimum absolute atomic E-state index is 0.00184. The molecule has 1 aliphatic heterocycles. The Labute approximate surface area is 136 Å². The van der Waals surface area contributed by atoms with Gasteiger partial charge in [0.05, 0.1) is 20.3 Å². The maximum atomic E-state index is 12.2. The van der Waals surface area contributed by atoms with E-state index in [1.165, 1.54) is 0 Å². The summed E-state index contributed by atoms with van der Waals surface area (Å²) in [6, 6.07) is 5.23. The number of benzene rings is 1. The molecule has 0 aliphatic carbocycles. The third kappa shape index (κ3) is 4.15. The van der Waals surface area contributed by atoms with Gasteiger partial charge in [-0.1, -0.05) is 13.3 Å². The van der Waals surface area contributed by atoms with Crippen LogP contribution in [0.3, 0.4) is 0 Å². The molecule has 0 saturated carbocycles. The third-order valence-corrected chi connectivity index (χ3v) is 3.93. The van der Waals surface area contributed by atoms with Crippen LogP contribution in [0.5, 0.6) is 11.5 Å². The van der Waals surface area contributed by atoms with Crippen LogP contribution in [0.15, 0.2) is 18.2 Å². The monoisotopic (exact) mass is 320 g/mol. The van der Waals surface area contributed by atoms with E-state index in [-0.39, 0.29) is 17.9 Å². The second-order valence-corrected chi connectivity index (χ2v) is 5.62. The quantitative estimate of drug-likeness (QED) is 0.835. The third-order valence-electron chi connectivity index (χ3n) is 3.93. The van der Waals surface area contributed by atoms with Crippen molar-refractivity contribution in [3.8, 4) is 11.5 Å². The molecule has 1 heterocycles. The van der Waals surface area contributed by atoms with Gasteiger partial charge in [-0.15, -0.1) is 0 Å². The van der Waals surface area contributed by atoms with Crippen LogP contribution in [0.4, 0.5) is 5.69 Å². The molecule has 1 atom stereocenters. The van der Waals surface area contributed by atoms with Gasteiger partial charge in [0.2, 0.25) is 11.8 Å². The van der Waals surface area contributed by atoms with Crippen LogP contribution >= 0.6 is 0 Å². The number of anilines is 1. The van der Waals surface area contributed by atoms with Crippen LogP contribution < -0.4 is 19.7 Å². The second-order valence-electron chi connectivity index (χ2n) is 5.62. The smallest absolute Gasteiger partial charge is 0.229 e. The zero-order chi connectivity index (χ0) is 16.8. The lowest BCUT2D eigenvalue weighted by Gasteiger charge is -2.19. The zero-order valence-electron chi connectivity index (χ0n) is 13.9. The summed E-state index contributed by atoms with van der Waals surface area (Å²) in [7, 11) is 3.13. The highest BCUT2D eigenvalue weighted by molar-refractivity contribution is 5.97. The average Bonchev–Trinajstić information content (AvgIpc) is 2.92. The summed E-state index contributed by atoms with van der Waals surface area (Å²) in [5.41, 5.74) is 0.748. The normalized spacial score (nSPS) is 17.3. The van der Waals surface area contributed by atoms with Crippen molar-refractivity contribution in [1.82, 2.24) is 5.32 Å². The Hall–Kier alpha value is -2.24. The highest BCUT2D eigenvalue weighted by atomic mass is 16.5. The minimum atomic E-state index is -0.139. The van der Waals surface area contributed by atoms with Gasteiger partial charge in [-0.2, -0.15) is 0 Å². The van der Waals surface area contributed by atoms with Crippen molar-refractivity contribution in [3.05, 3.63) is 18.2 Å². The van der Waals surface area contributed by atoms with E-state index in [4.69, 9.17) is 9.47 Å². The number of rotatable bonds is 7. The van der Waals surface area contributed by atoms with Crippen molar-refractivity contribution in [2.75, 3.05) is 25.7 Å². The molecule has 0 unspecified atom stereocenters. The Morgan fingerprint density at radius 1 is 1.30 bits per heavy atom. The number of hydrogen-bond donors (Lipinski definition) is 1. The highest BCUT2D eigenvalue weighted by Crippen LogP contribution is 2.33. The van der Waals surface area contributed by atoms with Crippen molar-refractivity contribution < 1.29 is 19.1 Å². The number of unbranched alkanes of at least 4 members (excludes halogenated alkanes) is 1. The molecule has 1 fully saturated rings. The maximum Gasteiger partial charge on any atom is 0.229 e. The molecule has 2 rings (SSSR count). The van der Waals surface area contributed by atoms with E-state index in [0.717, 1.165) is 18.5 Å². The van der Waals surface area contributed by atoms with E-state index in [0.29, 0.717) is 30.9 Å². The number of hydrogen-bond acceptors (Lipinski definition) is 4. The molecule has 1 aliphatic rings. The first kappa shape index (κ1) is 17.1. The second kappa shape index (κ2) is 7.85. The van der Waals surface area contributed by atoms with Crippen molar-refractivity contribution >= 4 is 17.5 Å². The lowest BCUT2D eigenvalue weighted by atomic mass is 10.2. The summed E-state index contributed by atoms with van der Waals surface area (Å²) in [5.74, 6) is 1.21. The fraction of sp³-hybridized carbons (Fsp3) is 0.529. The van der Waals surface area contributed by atoms with Crippen LogP contribution in [0.1, 0.15) is 32.6 Å². The molecule has 1 aromatic rings. The zero-order valence-corrected chi connectivity index (χ0v) is 13.9. The minimum Gasteiger partial charge on any atom is -0.493 e. The van der Waals surface area contributed by atoms with E-state index in [1.54, 1.807) is 31.3 Å². The summed E-state index contributed by atoms with van der Waals surface area (Å²) in [6.07, 6.45) is 2.68. The SMILES string of the molecule is CCCCC(=O)N[C@@H]1CC(=O)N(c2ccc(OC)c(OC)c2)C1. The Morgan fingerprint density at radius 3 is 2.70 bits per heavy atom. The molecule has 1 saturated heterocycles. The van der Waals surface area contributed by atoms with E-state index in [2.05, 4.69) is 5.32 Å². The topological polar surface area (TPSA) is 67.9 Å². The molecule has 0 radical (unpaired) electrons. The molecule has 0 spiro atoms. The van der Waals surface area contributed by atoms with Crippen LogP contribution in [-0.4, -0.2) is 38.6 Å². The molecule has 0 bridgehead atoms. The summed E-state index contributed by atoms with van der Waals surface area (Å²) in [5, 5.41) is 2.94. The first-order valence-electron chi connectivity index (χ1n) is 7.90. The van der Waals surface area contributed by atoms with E-state index < -0.39 is 0 Å². The Bertz CT molecular complexity index is 574. The number of carbonyl (C=O) groups is 2. The van der Waals surface area contributed by atoms with Crippen LogP contribution in [-0.2, 0) is 9.59 Å². The van der Waals surface area contributed by atoms with Gasteiger partial charge in [-0.05, 0) is 18.6 Å². The molecule has 6 nitrogen and oxygen atoms in total. The molecular formula is C17H24N2O4. The van der Waals surface area contributed by atoms with Crippen molar-refractivity contribution in [3.63, 3.8) is 0 Å². The predicted octanol–water partition coefficient (Wildman–Crippen LogP) is 2.12.